The second-order valence-corrected chi connectivity index (χ2v) is 5.55. The van der Waals surface area contributed by atoms with Crippen LogP contribution in [0, 0.1) is 13.8 Å². The number of carbonyl (C=O) groups excluding carboxylic acids is 1. The number of rotatable bonds is 2. The Hall–Kier alpha value is -2.00. The Balaban J connectivity index is 1.95. The Morgan fingerprint density at radius 3 is 2.55 bits per heavy atom. The van der Waals surface area contributed by atoms with Crippen LogP contribution < -0.4 is 10.6 Å². The third-order valence-corrected chi connectivity index (χ3v) is 3.78. The smallest absolute Gasteiger partial charge is 0.251 e. The van der Waals surface area contributed by atoms with E-state index < -0.39 is 6.04 Å². The van der Waals surface area contributed by atoms with Crippen LogP contribution in [0.2, 0.25) is 5.02 Å². The first-order valence-electron chi connectivity index (χ1n) is 6.49. The predicted octanol–water partition coefficient (Wildman–Crippen LogP) is 4.06. The highest BCUT2D eigenvalue weighted by atomic mass is 35.5. The fourth-order valence-corrected chi connectivity index (χ4v) is 2.71. The molecule has 2 N–H and O–H groups in total. The monoisotopic (exact) mass is 286 g/mol. The number of nitrogens with one attached hydrogen (secondary N) is 2. The van der Waals surface area contributed by atoms with E-state index in [2.05, 4.69) is 10.6 Å². The minimum Gasteiger partial charge on any atom is -0.369 e. The van der Waals surface area contributed by atoms with Crippen molar-refractivity contribution in [3.05, 3.63) is 58.1 Å². The van der Waals surface area contributed by atoms with Crippen LogP contribution in [0.3, 0.4) is 0 Å². The molecule has 1 aliphatic heterocycles. The molecule has 1 aliphatic rings. The van der Waals surface area contributed by atoms with Crippen LogP contribution >= 0.6 is 11.6 Å². The fourth-order valence-electron chi connectivity index (χ4n) is 2.42. The zero-order valence-electron chi connectivity index (χ0n) is 11.3. The Morgan fingerprint density at radius 2 is 1.80 bits per heavy atom. The Bertz CT molecular complexity index is 697. The van der Waals surface area contributed by atoms with Crippen molar-refractivity contribution in [2.24, 2.45) is 0 Å². The molecular formula is C16H15ClN2O. The van der Waals surface area contributed by atoms with Gasteiger partial charge in [0.25, 0.3) is 5.91 Å². The molecule has 0 spiro atoms. The summed E-state index contributed by atoms with van der Waals surface area (Å²) in [5, 5.41) is 6.73. The van der Waals surface area contributed by atoms with Crippen molar-refractivity contribution < 1.29 is 4.79 Å². The molecule has 3 nitrogen and oxygen atoms in total. The summed E-state index contributed by atoms with van der Waals surface area (Å²) in [7, 11) is 0. The number of fused-ring (bicyclic) bond motifs is 1. The number of halogens is 1. The molecule has 0 bridgehead atoms. The summed E-state index contributed by atoms with van der Waals surface area (Å²) in [6, 6.07) is 11.3. The number of benzene rings is 2. The standard InChI is InChI=1S/C16H15ClN2O/c1-9-3-5-13-11(7-9)15(16(20)19-13)18-14-6-4-10(2)8-12(14)17/h3-8,15,18H,1-2H3,(H,19,20). The van der Waals surface area contributed by atoms with E-state index in [0.29, 0.717) is 5.02 Å². The van der Waals surface area contributed by atoms with Crippen LogP contribution in [0.15, 0.2) is 36.4 Å². The molecule has 2 aromatic carbocycles. The lowest BCUT2D eigenvalue weighted by atomic mass is 10.0. The van der Waals surface area contributed by atoms with E-state index in [1.165, 1.54) is 0 Å². The van der Waals surface area contributed by atoms with Gasteiger partial charge >= 0.3 is 0 Å². The minimum atomic E-state index is -0.398. The van der Waals surface area contributed by atoms with Gasteiger partial charge in [-0.25, -0.2) is 0 Å². The molecule has 1 heterocycles. The SMILES string of the molecule is Cc1ccc(NC2C(=O)Nc3ccc(C)cc32)c(Cl)c1. The van der Waals surface area contributed by atoms with Gasteiger partial charge in [-0.05, 0) is 37.6 Å². The average Bonchev–Trinajstić information content (AvgIpc) is 2.69. The third kappa shape index (κ3) is 2.25. The summed E-state index contributed by atoms with van der Waals surface area (Å²) in [6.45, 7) is 4.00. The second kappa shape index (κ2) is 4.84. The Labute approximate surface area is 123 Å². The van der Waals surface area contributed by atoms with Crippen molar-refractivity contribution in [1.29, 1.82) is 0 Å². The molecule has 3 rings (SSSR count). The third-order valence-electron chi connectivity index (χ3n) is 3.46. The molecule has 102 valence electrons. The van der Waals surface area contributed by atoms with Gasteiger partial charge in [0.15, 0.2) is 0 Å². The first-order valence-corrected chi connectivity index (χ1v) is 6.86. The van der Waals surface area contributed by atoms with E-state index in [0.717, 1.165) is 28.1 Å². The number of hydrogen-bond acceptors (Lipinski definition) is 2. The predicted molar refractivity (Wildman–Crippen MR) is 82.4 cm³/mol. The van der Waals surface area contributed by atoms with E-state index in [9.17, 15) is 4.79 Å². The van der Waals surface area contributed by atoms with Crippen LogP contribution in [0.25, 0.3) is 0 Å². The summed E-state index contributed by atoms with van der Waals surface area (Å²) in [6.07, 6.45) is 0. The number of hydrogen-bond donors (Lipinski definition) is 2. The Kier molecular flexibility index (Phi) is 3.14. The molecule has 0 radical (unpaired) electrons. The maximum atomic E-state index is 12.1. The zero-order valence-corrected chi connectivity index (χ0v) is 12.1. The first-order chi connectivity index (χ1) is 9.54. The van der Waals surface area contributed by atoms with Crippen LogP contribution in [0.4, 0.5) is 11.4 Å². The highest BCUT2D eigenvalue weighted by Gasteiger charge is 2.30. The fraction of sp³-hybridized carbons (Fsp3) is 0.188. The molecule has 4 heteroatoms. The van der Waals surface area contributed by atoms with Gasteiger partial charge in [-0.3, -0.25) is 4.79 Å². The largest absolute Gasteiger partial charge is 0.369 e. The first kappa shape index (κ1) is 13.0. The van der Waals surface area contributed by atoms with Crippen LogP contribution in [0.5, 0.6) is 0 Å². The van der Waals surface area contributed by atoms with Crippen molar-refractivity contribution in [2.45, 2.75) is 19.9 Å². The summed E-state index contributed by atoms with van der Waals surface area (Å²) in [5.74, 6) is -0.0535. The van der Waals surface area contributed by atoms with Crippen LogP contribution in [0.1, 0.15) is 22.7 Å². The highest BCUT2D eigenvalue weighted by molar-refractivity contribution is 6.33. The number of anilines is 2. The summed E-state index contributed by atoms with van der Waals surface area (Å²) in [4.78, 5) is 12.1. The van der Waals surface area contributed by atoms with Gasteiger partial charge in [0, 0.05) is 11.3 Å². The van der Waals surface area contributed by atoms with Crippen molar-refractivity contribution in [3.63, 3.8) is 0 Å². The normalized spacial score (nSPS) is 16.8. The van der Waals surface area contributed by atoms with E-state index in [1.54, 1.807) is 0 Å². The van der Waals surface area contributed by atoms with Gasteiger partial charge in [-0.15, -0.1) is 0 Å². The molecule has 1 unspecified atom stereocenters. The molecule has 0 saturated carbocycles. The van der Waals surface area contributed by atoms with Crippen LogP contribution in [-0.4, -0.2) is 5.91 Å². The molecule has 2 aromatic rings. The number of aryl methyl sites for hydroxylation is 2. The summed E-state index contributed by atoms with van der Waals surface area (Å²) < 4.78 is 0. The van der Waals surface area contributed by atoms with Crippen LogP contribution in [-0.2, 0) is 4.79 Å². The van der Waals surface area contributed by atoms with Gasteiger partial charge in [-0.2, -0.15) is 0 Å². The van der Waals surface area contributed by atoms with Crippen molar-refractivity contribution in [2.75, 3.05) is 10.6 Å². The van der Waals surface area contributed by atoms with Gasteiger partial charge < -0.3 is 10.6 Å². The lowest BCUT2D eigenvalue weighted by molar-refractivity contribution is -0.116. The average molecular weight is 287 g/mol. The number of carbonyl (C=O) groups is 1. The maximum Gasteiger partial charge on any atom is 0.251 e. The van der Waals surface area contributed by atoms with E-state index in [4.69, 9.17) is 11.6 Å². The molecule has 1 amide bonds. The molecule has 0 fully saturated rings. The Morgan fingerprint density at radius 1 is 1.10 bits per heavy atom. The summed E-state index contributed by atoms with van der Waals surface area (Å²) in [5.41, 5.74) is 4.81. The van der Waals surface area contributed by atoms with Gasteiger partial charge in [0.2, 0.25) is 0 Å². The topological polar surface area (TPSA) is 41.1 Å². The van der Waals surface area contributed by atoms with E-state index in [-0.39, 0.29) is 5.91 Å². The van der Waals surface area contributed by atoms with E-state index in [1.807, 2.05) is 50.2 Å². The van der Waals surface area contributed by atoms with Crippen molar-refractivity contribution >= 4 is 28.9 Å². The molecule has 0 aliphatic carbocycles. The van der Waals surface area contributed by atoms with Gasteiger partial charge in [0.1, 0.15) is 6.04 Å². The maximum absolute atomic E-state index is 12.1. The van der Waals surface area contributed by atoms with E-state index >= 15 is 0 Å². The van der Waals surface area contributed by atoms with Gasteiger partial charge in [-0.1, -0.05) is 35.4 Å². The highest BCUT2D eigenvalue weighted by Crippen LogP contribution is 2.35. The zero-order chi connectivity index (χ0) is 14.3. The van der Waals surface area contributed by atoms with Crippen molar-refractivity contribution in [1.82, 2.24) is 0 Å². The second-order valence-electron chi connectivity index (χ2n) is 5.14. The molecule has 0 aromatic heterocycles. The molecular weight excluding hydrogens is 272 g/mol. The quantitative estimate of drug-likeness (QED) is 0.874. The lowest BCUT2D eigenvalue weighted by Crippen LogP contribution is -2.19. The molecule has 0 saturated heterocycles. The number of amides is 1. The molecule has 1 atom stereocenters. The lowest BCUT2D eigenvalue weighted by Gasteiger charge is -2.15. The van der Waals surface area contributed by atoms with Crippen molar-refractivity contribution in [3.8, 4) is 0 Å². The minimum absolute atomic E-state index is 0.0535. The molecule has 20 heavy (non-hydrogen) atoms. The summed E-state index contributed by atoms with van der Waals surface area (Å²) >= 11 is 6.22. The van der Waals surface area contributed by atoms with Gasteiger partial charge in [0.05, 0.1) is 10.7 Å².